The van der Waals surface area contributed by atoms with E-state index in [9.17, 15) is 9.18 Å². The maximum absolute atomic E-state index is 13.0. The molecule has 0 bridgehead atoms. The van der Waals surface area contributed by atoms with Crippen LogP contribution in [0.25, 0.3) is 0 Å². The molecule has 0 aromatic heterocycles. The van der Waals surface area contributed by atoms with E-state index in [1.165, 1.54) is 12.1 Å². The number of nitrogens with zero attached hydrogens (tertiary/aromatic N) is 1. The van der Waals surface area contributed by atoms with Gasteiger partial charge >= 0.3 is 0 Å². The van der Waals surface area contributed by atoms with E-state index in [1.54, 1.807) is 12.1 Å². The molecule has 1 heterocycles. The smallest absolute Gasteiger partial charge is 0.251 e. The molecule has 2 atom stereocenters. The maximum Gasteiger partial charge on any atom is 0.251 e. The maximum atomic E-state index is 13.0. The van der Waals surface area contributed by atoms with Crippen molar-refractivity contribution in [2.24, 2.45) is 5.92 Å². The molecular formula is C13H15FN2O. The highest BCUT2D eigenvalue weighted by molar-refractivity contribution is 5.95. The van der Waals surface area contributed by atoms with Crippen molar-refractivity contribution in [1.29, 1.82) is 0 Å². The Hall–Kier alpha value is -1.42. The molecule has 1 saturated heterocycles. The van der Waals surface area contributed by atoms with E-state index < -0.39 is 0 Å². The number of nitrogens with one attached hydrogen (secondary N) is 1. The number of carbonyl (C=O) groups excluding carboxylic acids is 1. The van der Waals surface area contributed by atoms with E-state index in [0.717, 1.165) is 19.5 Å². The van der Waals surface area contributed by atoms with Gasteiger partial charge in [-0.3, -0.25) is 4.79 Å². The fourth-order valence-electron chi connectivity index (χ4n) is 2.86. The number of amides is 1. The fourth-order valence-corrected chi connectivity index (χ4v) is 2.86. The lowest BCUT2D eigenvalue weighted by Gasteiger charge is -2.17. The highest BCUT2D eigenvalue weighted by Gasteiger charge is 2.60. The number of benzene rings is 1. The van der Waals surface area contributed by atoms with Crippen LogP contribution in [0.15, 0.2) is 24.3 Å². The highest BCUT2D eigenvalue weighted by Crippen LogP contribution is 2.49. The minimum absolute atomic E-state index is 0.0435. The molecule has 1 aromatic carbocycles. The number of likely N-dealkylation sites (tertiary alicyclic amines) is 1. The number of hydrogen-bond acceptors (Lipinski definition) is 2. The second-order valence-electron chi connectivity index (χ2n) is 5.22. The fraction of sp³-hybridized carbons (Fsp3) is 0.462. The molecule has 3 rings (SSSR count). The zero-order valence-electron chi connectivity index (χ0n) is 9.74. The van der Waals surface area contributed by atoms with Crippen molar-refractivity contribution in [3.05, 3.63) is 35.6 Å². The molecule has 17 heavy (non-hydrogen) atoms. The summed E-state index contributed by atoms with van der Waals surface area (Å²) in [6, 6.07) is 5.83. The monoisotopic (exact) mass is 234 g/mol. The van der Waals surface area contributed by atoms with Crippen molar-refractivity contribution in [1.82, 2.24) is 10.2 Å². The Morgan fingerprint density at radius 1 is 1.59 bits per heavy atom. The molecule has 2 aliphatic rings. The van der Waals surface area contributed by atoms with Crippen LogP contribution >= 0.6 is 0 Å². The Morgan fingerprint density at radius 2 is 2.41 bits per heavy atom. The van der Waals surface area contributed by atoms with E-state index in [0.29, 0.717) is 11.5 Å². The zero-order valence-corrected chi connectivity index (χ0v) is 9.74. The summed E-state index contributed by atoms with van der Waals surface area (Å²) in [7, 11) is 2.06. The molecule has 4 heteroatoms. The SMILES string of the molecule is CN1CC2C[C@]2(NC(=O)c2cccc(F)c2)C1. The second kappa shape index (κ2) is 3.53. The van der Waals surface area contributed by atoms with Crippen molar-refractivity contribution in [3.63, 3.8) is 0 Å². The molecule has 1 amide bonds. The Kier molecular flexibility index (Phi) is 2.23. The van der Waals surface area contributed by atoms with Crippen molar-refractivity contribution in [2.75, 3.05) is 20.1 Å². The van der Waals surface area contributed by atoms with Gasteiger partial charge in [-0.25, -0.2) is 4.39 Å². The molecule has 0 radical (unpaired) electrons. The quantitative estimate of drug-likeness (QED) is 0.835. The Morgan fingerprint density at radius 3 is 3.06 bits per heavy atom. The number of carbonyl (C=O) groups is 1. The van der Waals surface area contributed by atoms with Crippen LogP contribution in [-0.2, 0) is 0 Å². The van der Waals surface area contributed by atoms with E-state index in [2.05, 4.69) is 17.3 Å². The van der Waals surface area contributed by atoms with Gasteiger partial charge in [-0.05, 0) is 37.6 Å². The van der Waals surface area contributed by atoms with E-state index in [4.69, 9.17) is 0 Å². The van der Waals surface area contributed by atoms with Crippen LogP contribution in [0, 0.1) is 11.7 Å². The summed E-state index contributed by atoms with van der Waals surface area (Å²) in [5, 5.41) is 3.06. The average molecular weight is 234 g/mol. The number of likely N-dealkylation sites (N-methyl/N-ethyl adjacent to an activating group) is 1. The first-order chi connectivity index (χ1) is 8.09. The Labute approximate surface area is 99.6 Å². The number of fused-ring (bicyclic) bond motifs is 1. The highest BCUT2D eigenvalue weighted by atomic mass is 19.1. The van der Waals surface area contributed by atoms with E-state index >= 15 is 0 Å². The Bertz CT molecular complexity index is 476. The van der Waals surface area contributed by atoms with Crippen LogP contribution in [-0.4, -0.2) is 36.5 Å². The van der Waals surface area contributed by atoms with Crippen molar-refractivity contribution in [3.8, 4) is 0 Å². The van der Waals surface area contributed by atoms with Crippen molar-refractivity contribution < 1.29 is 9.18 Å². The largest absolute Gasteiger partial charge is 0.345 e. The summed E-state index contributed by atoms with van der Waals surface area (Å²) in [4.78, 5) is 14.2. The summed E-state index contributed by atoms with van der Waals surface area (Å²) in [6.07, 6.45) is 1.05. The summed E-state index contributed by atoms with van der Waals surface area (Å²) >= 11 is 0. The molecule has 1 aliphatic heterocycles. The van der Waals surface area contributed by atoms with Gasteiger partial charge in [0.2, 0.25) is 0 Å². The minimum Gasteiger partial charge on any atom is -0.345 e. The van der Waals surface area contributed by atoms with Crippen LogP contribution in [0.2, 0.25) is 0 Å². The number of hydrogen-bond donors (Lipinski definition) is 1. The number of halogens is 1. The molecule has 3 nitrogen and oxygen atoms in total. The zero-order chi connectivity index (χ0) is 12.0. The number of rotatable bonds is 2. The molecule has 1 aromatic rings. The van der Waals surface area contributed by atoms with Gasteiger partial charge < -0.3 is 10.2 Å². The summed E-state index contributed by atoms with van der Waals surface area (Å²) in [6.45, 7) is 1.95. The molecule has 90 valence electrons. The molecule has 1 aliphatic carbocycles. The summed E-state index contributed by atoms with van der Waals surface area (Å²) in [5.41, 5.74) is 0.359. The first-order valence-corrected chi connectivity index (χ1v) is 5.86. The molecule has 0 spiro atoms. The van der Waals surface area contributed by atoms with Gasteiger partial charge in [0, 0.05) is 18.7 Å². The average Bonchev–Trinajstić information content (AvgIpc) is 2.80. The summed E-state index contributed by atoms with van der Waals surface area (Å²) < 4.78 is 13.0. The van der Waals surface area contributed by atoms with Crippen molar-refractivity contribution in [2.45, 2.75) is 12.0 Å². The second-order valence-corrected chi connectivity index (χ2v) is 5.22. The Balaban J connectivity index is 1.73. The molecule has 1 N–H and O–H groups in total. The molecule has 2 fully saturated rings. The minimum atomic E-state index is -0.369. The van der Waals surface area contributed by atoms with Gasteiger partial charge in [-0.1, -0.05) is 6.07 Å². The van der Waals surface area contributed by atoms with E-state index in [-0.39, 0.29) is 17.3 Å². The van der Waals surface area contributed by atoms with E-state index in [1.807, 2.05) is 0 Å². The van der Waals surface area contributed by atoms with Crippen LogP contribution in [0.5, 0.6) is 0 Å². The topological polar surface area (TPSA) is 32.3 Å². The van der Waals surface area contributed by atoms with Gasteiger partial charge in [0.1, 0.15) is 5.82 Å². The van der Waals surface area contributed by atoms with Gasteiger partial charge in [-0.2, -0.15) is 0 Å². The van der Waals surface area contributed by atoms with Crippen LogP contribution < -0.4 is 5.32 Å². The normalized spacial score (nSPS) is 31.1. The third-order valence-corrected chi connectivity index (χ3v) is 3.77. The van der Waals surface area contributed by atoms with Gasteiger partial charge in [0.05, 0.1) is 5.54 Å². The van der Waals surface area contributed by atoms with Crippen LogP contribution in [0.1, 0.15) is 16.8 Å². The molecule has 1 saturated carbocycles. The standard InChI is InChI=1S/C13H15FN2O/c1-16-7-10-6-13(10,8-16)15-12(17)9-3-2-4-11(14)5-9/h2-5,10H,6-8H2,1H3,(H,15,17)/t10?,13-/m0/s1. The first-order valence-electron chi connectivity index (χ1n) is 5.86. The van der Waals surface area contributed by atoms with Crippen LogP contribution in [0.3, 0.4) is 0 Å². The summed E-state index contributed by atoms with van der Waals surface area (Å²) in [5.74, 6) is 0.0401. The third-order valence-electron chi connectivity index (χ3n) is 3.77. The lowest BCUT2D eigenvalue weighted by Crippen LogP contribution is -2.41. The predicted molar refractivity (Wildman–Crippen MR) is 62.2 cm³/mol. The van der Waals surface area contributed by atoms with Gasteiger partial charge in [-0.15, -0.1) is 0 Å². The third kappa shape index (κ3) is 1.82. The lowest BCUT2D eigenvalue weighted by atomic mass is 10.1. The van der Waals surface area contributed by atoms with Crippen LogP contribution in [0.4, 0.5) is 4.39 Å². The van der Waals surface area contributed by atoms with Crippen molar-refractivity contribution >= 4 is 5.91 Å². The van der Waals surface area contributed by atoms with Gasteiger partial charge in [0.25, 0.3) is 5.91 Å². The molecular weight excluding hydrogens is 219 g/mol. The predicted octanol–water partition coefficient (Wildman–Crippen LogP) is 1.26. The number of piperidine rings is 1. The first kappa shape index (κ1) is 10.7. The lowest BCUT2D eigenvalue weighted by molar-refractivity contribution is 0.0928. The molecule has 1 unspecified atom stereocenters. The van der Waals surface area contributed by atoms with Gasteiger partial charge in [0.15, 0.2) is 0 Å².